The molecule has 0 amide bonds. The van der Waals surface area contributed by atoms with Crippen molar-refractivity contribution in [3.8, 4) is 5.75 Å². The van der Waals surface area contributed by atoms with Gasteiger partial charge in [0.2, 0.25) is 0 Å². The van der Waals surface area contributed by atoms with Crippen molar-refractivity contribution in [3.63, 3.8) is 0 Å². The molecule has 0 bridgehead atoms. The predicted octanol–water partition coefficient (Wildman–Crippen LogP) is 1.43. The highest BCUT2D eigenvalue weighted by atomic mass is 16.5. The Morgan fingerprint density at radius 1 is 1.47 bits per heavy atom. The molecule has 0 aliphatic heterocycles. The van der Waals surface area contributed by atoms with E-state index in [0.29, 0.717) is 19.8 Å². The van der Waals surface area contributed by atoms with Crippen molar-refractivity contribution in [3.05, 3.63) is 12.4 Å². The molecule has 17 heavy (non-hydrogen) atoms. The molecule has 1 rings (SSSR count). The molecular formula is C12H23N3O2. The summed E-state index contributed by atoms with van der Waals surface area (Å²) in [5, 5.41) is 4.20. The Kier molecular flexibility index (Phi) is 6.65. The van der Waals surface area contributed by atoms with E-state index in [0.717, 1.165) is 25.1 Å². The van der Waals surface area contributed by atoms with E-state index < -0.39 is 0 Å². The van der Waals surface area contributed by atoms with E-state index in [1.165, 1.54) is 0 Å². The molecule has 98 valence electrons. The first-order chi connectivity index (χ1) is 8.30. The average Bonchev–Trinajstić information content (AvgIpc) is 2.76. The molecule has 0 saturated carbocycles. The van der Waals surface area contributed by atoms with Crippen LogP contribution in [0.2, 0.25) is 0 Å². The summed E-state index contributed by atoms with van der Waals surface area (Å²) in [5.74, 6) is 0.811. The minimum Gasteiger partial charge on any atom is -0.490 e. The fourth-order valence-electron chi connectivity index (χ4n) is 1.58. The molecular weight excluding hydrogens is 218 g/mol. The third-order valence-corrected chi connectivity index (χ3v) is 2.44. The SMILES string of the molecule is CCCn1cc(OCCC(CN)OCC)cn1. The van der Waals surface area contributed by atoms with Crippen LogP contribution in [0.1, 0.15) is 26.7 Å². The normalized spacial score (nSPS) is 12.6. The number of nitrogens with two attached hydrogens (primary N) is 1. The second-order valence-corrected chi connectivity index (χ2v) is 3.89. The first kappa shape index (κ1) is 14.0. The second-order valence-electron chi connectivity index (χ2n) is 3.89. The largest absolute Gasteiger partial charge is 0.490 e. The number of nitrogens with zero attached hydrogens (tertiary/aromatic N) is 2. The molecule has 1 unspecified atom stereocenters. The van der Waals surface area contributed by atoms with Crippen LogP contribution in [0.25, 0.3) is 0 Å². The lowest BCUT2D eigenvalue weighted by molar-refractivity contribution is 0.0527. The number of hydrogen-bond donors (Lipinski definition) is 1. The Labute approximate surface area is 103 Å². The zero-order valence-electron chi connectivity index (χ0n) is 10.8. The minimum absolute atomic E-state index is 0.0886. The van der Waals surface area contributed by atoms with Gasteiger partial charge in [0.1, 0.15) is 0 Å². The average molecular weight is 241 g/mol. The van der Waals surface area contributed by atoms with Crippen LogP contribution in [0.15, 0.2) is 12.4 Å². The molecule has 0 radical (unpaired) electrons. The van der Waals surface area contributed by atoms with Crippen LogP contribution in [0, 0.1) is 0 Å². The van der Waals surface area contributed by atoms with Gasteiger partial charge in [-0.3, -0.25) is 4.68 Å². The smallest absolute Gasteiger partial charge is 0.157 e. The Morgan fingerprint density at radius 3 is 2.94 bits per heavy atom. The third-order valence-electron chi connectivity index (χ3n) is 2.44. The molecule has 0 aromatic carbocycles. The number of ether oxygens (including phenoxy) is 2. The van der Waals surface area contributed by atoms with Crippen LogP contribution in [-0.2, 0) is 11.3 Å². The highest BCUT2D eigenvalue weighted by Crippen LogP contribution is 2.09. The van der Waals surface area contributed by atoms with Crippen molar-refractivity contribution >= 4 is 0 Å². The van der Waals surface area contributed by atoms with Gasteiger partial charge in [0.05, 0.1) is 25.1 Å². The van der Waals surface area contributed by atoms with Crippen LogP contribution in [0.5, 0.6) is 5.75 Å². The van der Waals surface area contributed by atoms with Crippen LogP contribution in [-0.4, -0.2) is 35.6 Å². The van der Waals surface area contributed by atoms with E-state index in [9.17, 15) is 0 Å². The maximum Gasteiger partial charge on any atom is 0.157 e. The molecule has 1 aromatic rings. The van der Waals surface area contributed by atoms with E-state index in [4.69, 9.17) is 15.2 Å². The second kappa shape index (κ2) is 8.08. The van der Waals surface area contributed by atoms with Crippen LogP contribution in [0.4, 0.5) is 0 Å². The number of aromatic nitrogens is 2. The van der Waals surface area contributed by atoms with Gasteiger partial charge in [-0.2, -0.15) is 5.10 Å². The van der Waals surface area contributed by atoms with Gasteiger partial charge in [0.15, 0.2) is 5.75 Å². The number of rotatable bonds is 9. The molecule has 1 aromatic heterocycles. The standard InChI is InChI=1S/C12H23N3O2/c1-3-6-15-10-12(9-14-15)17-7-5-11(8-13)16-4-2/h9-11H,3-8,13H2,1-2H3. The summed E-state index contributed by atoms with van der Waals surface area (Å²) in [4.78, 5) is 0. The summed E-state index contributed by atoms with van der Waals surface area (Å²) in [7, 11) is 0. The van der Waals surface area contributed by atoms with Gasteiger partial charge >= 0.3 is 0 Å². The van der Waals surface area contributed by atoms with Gasteiger partial charge in [-0.05, 0) is 13.3 Å². The van der Waals surface area contributed by atoms with E-state index in [1.54, 1.807) is 6.20 Å². The Bertz CT molecular complexity index is 302. The molecule has 5 heteroatoms. The van der Waals surface area contributed by atoms with E-state index in [2.05, 4.69) is 12.0 Å². The topological polar surface area (TPSA) is 62.3 Å². The monoisotopic (exact) mass is 241 g/mol. The zero-order valence-corrected chi connectivity index (χ0v) is 10.8. The lowest BCUT2D eigenvalue weighted by Gasteiger charge is -2.14. The third kappa shape index (κ3) is 5.19. The lowest BCUT2D eigenvalue weighted by atomic mass is 10.2. The van der Waals surface area contributed by atoms with Crippen LogP contribution in [0.3, 0.4) is 0 Å². The molecule has 0 aliphatic rings. The summed E-state index contributed by atoms with van der Waals surface area (Å²) in [5.41, 5.74) is 5.58. The fourth-order valence-corrected chi connectivity index (χ4v) is 1.58. The Hall–Kier alpha value is -1.07. The van der Waals surface area contributed by atoms with Crippen LogP contribution < -0.4 is 10.5 Å². The first-order valence-electron chi connectivity index (χ1n) is 6.27. The summed E-state index contributed by atoms with van der Waals surface area (Å²) >= 11 is 0. The quantitative estimate of drug-likeness (QED) is 0.710. The maximum absolute atomic E-state index is 5.59. The predicted molar refractivity (Wildman–Crippen MR) is 67.1 cm³/mol. The highest BCUT2D eigenvalue weighted by Gasteiger charge is 2.06. The zero-order chi connectivity index (χ0) is 12.5. The van der Waals surface area contributed by atoms with Gasteiger partial charge < -0.3 is 15.2 Å². The summed E-state index contributed by atoms with van der Waals surface area (Å²) in [6.07, 6.45) is 5.63. The molecule has 1 heterocycles. The van der Waals surface area contributed by atoms with Crippen molar-refractivity contribution in [1.82, 2.24) is 9.78 Å². The van der Waals surface area contributed by atoms with Gasteiger partial charge in [0.25, 0.3) is 0 Å². The maximum atomic E-state index is 5.59. The Balaban J connectivity index is 2.24. The molecule has 1 atom stereocenters. The summed E-state index contributed by atoms with van der Waals surface area (Å²) in [6, 6.07) is 0. The van der Waals surface area contributed by atoms with Crippen molar-refractivity contribution in [1.29, 1.82) is 0 Å². The van der Waals surface area contributed by atoms with Gasteiger partial charge in [-0.1, -0.05) is 6.92 Å². The van der Waals surface area contributed by atoms with E-state index >= 15 is 0 Å². The van der Waals surface area contributed by atoms with Crippen molar-refractivity contribution in [2.45, 2.75) is 39.3 Å². The van der Waals surface area contributed by atoms with Crippen molar-refractivity contribution in [2.24, 2.45) is 5.73 Å². The molecule has 0 saturated heterocycles. The number of aryl methyl sites for hydroxylation is 1. The van der Waals surface area contributed by atoms with Gasteiger partial charge in [0, 0.05) is 26.1 Å². The first-order valence-corrected chi connectivity index (χ1v) is 6.27. The number of hydrogen-bond acceptors (Lipinski definition) is 4. The molecule has 0 fully saturated rings. The van der Waals surface area contributed by atoms with Crippen molar-refractivity contribution < 1.29 is 9.47 Å². The molecule has 5 nitrogen and oxygen atoms in total. The molecule has 0 spiro atoms. The molecule has 0 aliphatic carbocycles. The van der Waals surface area contributed by atoms with Gasteiger partial charge in [-0.15, -0.1) is 0 Å². The van der Waals surface area contributed by atoms with E-state index in [-0.39, 0.29) is 6.10 Å². The van der Waals surface area contributed by atoms with Gasteiger partial charge in [-0.25, -0.2) is 0 Å². The fraction of sp³-hybridized carbons (Fsp3) is 0.750. The summed E-state index contributed by atoms with van der Waals surface area (Å²) < 4.78 is 12.9. The van der Waals surface area contributed by atoms with Crippen LogP contribution >= 0.6 is 0 Å². The minimum atomic E-state index is 0.0886. The lowest BCUT2D eigenvalue weighted by Crippen LogP contribution is -2.25. The summed E-state index contributed by atoms with van der Waals surface area (Å²) in [6.45, 7) is 6.85. The molecule has 2 N–H and O–H groups in total. The Morgan fingerprint density at radius 2 is 2.29 bits per heavy atom. The van der Waals surface area contributed by atoms with Crippen molar-refractivity contribution in [2.75, 3.05) is 19.8 Å². The van der Waals surface area contributed by atoms with E-state index in [1.807, 2.05) is 17.8 Å². The highest BCUT2D eigenvalue weighted by molar-refractivity contribution is 5.11.